The highest BCUT2D eigenvalue weighted by atomic mass is 32.2. The Balaban J connectivity index is 1.45. The summed E-state index contributed by atoms with van der Waals surface area (Å²) >= 11 is 0. The molecule has 0 radical (unpaired) electrons. The van der Waals surface area contributed by atoms with Gasteiger partial charge in [0.2, 0.25) is 10.0 Å². The molecule has 1 atom stereocenters. The third-order valence-corrected chi connectivity index (χ3v) is 6.92. The molecule has 30 heavy (non-hydrogen) atoms. The van der Waals surface area contributed by atoms with Crippen LogP contribution in [0.1, 0.15) is 34.5 Å². The molecule has 1 fully saturated rings. The average molecular weight is 428 g/mol. The van der Waals surface area contributed by atoms with Crippen molar-refractivity contribution in [1.82, 2.24) is 24.2 Å². The van der Waals surface area contributed by atoms with Crippen LogP contribution in [-0.4, -0.2) is 53.5 Å². The van der Waals surface area contributed by atoms with Crippen molar-refractivity contribution in [3.63, 3.8) is 0 Å². The molecule has 9 heteroatoms. The Bertz CT molecular complexity index is 1170. The van der Waals surface area contributed by atoms with Crippen LogP contribution < -0.4 is 4.72 Å². The number of benzene rings is 1. The number of nitrogens with zero attached hydrogens (tertiary/aromatic N) is 4. The molecule has 8 nitrogen and oxygen atoms in total. The largest absolute Gasteiger partial charge is 0.338 e. The van der Waals surface area contributed by atoms with E-state index in [9.17, 15) is 13.2 Å². The Morgan fingerprint density at radius 1 is 1.23 bits per heavy atom. The van der Waals surface area contributed by atoms with Crippen molar-refractivity contribution in [1.29, 1.82) is 0 Å². The third kappa shape index (κ3) is 4.08. The monoisotopic (exact) mass is 427 g/mol. The summed E-state index contributed by atoms with van der Waals surface area (Å²) in [5.41, 5.74) is 2.70. The number of hydrogen-bond donors (Lipinski definition) is 1. The molecule has 1 aliphatic heterocycles. The smallest absolute Gasteiger partial charge is 0.259 e. The van der Waals surface area contributed by atoms with Gasteiger partial charge in [-0.1, -0.05) is 17.7 Å². The van der Waals surface area contributed by atoms with Gasteiger partial charge in [-0.15, -0.1) is 0 Å². The fraction of sp³-hybridized carbons (Fsp3) is 0.381. The lowest BCUT2D eigenvalue weighted by Gasteiger charge is -2.32. The minimum atomic E-state index is -3.57. The molecule has 0 aliphatic carbocycles. The molecule has 1 saturated heterocycles. The molecular formula is C21H25N5O3S. The minimum absolute atomic E-state index is 0.0537. The van der Waals surface area contributed by atoms with E-state index in [1.807, 2.05) is 6.92 Å². The summed E-state index contributed by atoms with van der Waals surface area (Å²) in [6, 6.07) is 8.54. The molecular weight excluding hydrogens is 402 g/mol. The average Bonchev–Trinajstić information content (AvgIpc) is 3.08. The first kappa shape index (κ1) is 20.5. The molecule has 2 aromatic heterocycles. The maximum atomic E-state index is 13.2. The zero-order chi connectivity index (χ0) is 21.3. The van der Waals surface area contributed by atoms with Gasteiger partial charge in [0.15, 0.2) is 5.65 Å². The number of piperidine rings is 1. The van der Waals surface area contributed by atoms with Crippen LogP contribution in [0, 0.1) is 19.8 Å². The van der Waals surface area contributed by atoms with E-state index >= 15 is 0 Å². The standard InChI is InChI=1S/C21H25N5O3S/c1-15-6-8-18(9-7-15)30(28,29)23-13-17-5-3-11-25(14-17)21(27)19-16(2)24-26-12-4-10-22-20(19)26/h4,6-10,12,17,23H,3,5,11,13-14H2,1-2H3. The van der Waals surface area contributed by atoms with Gasteiger partial charge in [-0.2, -0.15) is 5.10 Å². The van der Waals surface area contributed by atoms with Gasteiger partial charge in [0.05, 0.1) is 10.6 Å². The molecule has 0 saturated carbocycles. The number of sulfonamides is 1. The van der Waals surface area contributed by atoms with Crippen LogP contribution in [0.5, 0.6) is 0 Å². The Kier molecular flexibility index (Phi) is 5.57. The number of nitrogens with one attached hydrogen (secondary N) is 1. The van der Waals surface area contributed by atoms with Gasteiger partial charge in [-0.3, -0.25) is 4.79 Å². The first-order chi connectivity index (χ1) is 14.3. The van der Waals surface area contributed by atoms with Gasteiger partial charge in [0.1, 0.15) is 5.56 Å². The number of rotatable bonds is 5. The summed E-state index contributed by atoms with van der Waals surface area (Å²) in [6.45, 7) is 5.16. The first-order valence-electron chi connectivity index (χ1n) is 10.0. The number of amides is 1. The Morgan fingerprint density at radius 3 is 2.77 bits per heavy atom. The highest BCUT2D eigenvalue weighted by Crippen LogP contribution is 2.22. The molecule has 0 bridgehead atoms. The van der Waals surface area contributed by atoms with Crippen LogP contribution in [0.3, 0.4) is 0 Å². The number of aryl methyl sites for hydroxylation is 2. The number of fused-ring (bicyclic) bond motifs is 1. The van der Waals surface area contributed by atoms with Crippen molar-refractivity contribution < 1.29 is 13.2 Å². The maximum absolute atomic E-state index is 13.2. The minimum Gasteiger partial charge on any atom is -0.338 e. The number of hydrogen-bond acceptors (Lipinski definition) is 5. The third-order valence-electron chi connectivity index (χ3n) is 5.48. The summed E-state index contributed by atoms with van der Waals surface area (Å²) in [6.07, 6.45) is 5.11. The van der Waals surface area contributed by atoms with Crippen LogP contribution in [0.2, 0.25) is 0 Å². The van der Waals surface area contributed by atoms with E-state index in [1.165, 1.54) is 0 Å². The lowest BCUT2D eigenvalue weighted by Crippen LogP contribution is -2.43. The van der Waals surface area contributed by atoms with E-state index in [-0.39, 0.29) is 16.7 Å². The van der Waals surface area contributed by atoms with E-state index < -0.39 is 10.0 Å². The quantitative estimate of drug-likeness (QED) is 0.673. The lowest BCUT2D eigenvalue weighted by molar-refractivity contribution is 0.0677. The van der Waals surface area contributed by atoms with Crippen LogP contribution >= 0.6 is 0 Å². The molecule has 3 aromatic rings. The molecule has 1 aromatic carbocycles. The second-order valence-corrected chi connectivity index (χ2v) is 9.54. The Hall–Kier alpha value is -2.78. The first-order valence-corrected chi connectivity index (χ1v) is 11.5. The molecule has 1 amide bonds. The van der Waals surface area contributed by atoms with Gasteiger partial charge in [0, 0.05) is 32.0 Å². The fourth-order valence-electron chi connectivity index (χ4n) is 3.85. The van der Waals surface area contributed by atoms with Crippen molar-refractivity contribution in [3.05, 3.63) is 59.5 Å². The predicted molar refractivity (Wildman–Crippen MR) is 113 cm³/mol. The normalized spacial score (nSPS) is 17.4. The molecule has 158 valence electrons. The molecule has 0 spiro atoms. The molecule has 4 rings (SSSR count). The van der Waals surface area contributed by atoms with Gasteiger partial charge in [0.25, 0.3) is 5.91 Å². The van der Waals surface area contributed by atoms with E-state index in [0.717, 1.165) is 18.4 Å². The SMILES string of the molecule is Cc1ccc(S(=O)(=O)NCC2CCCN(C(=O)c3c(C)nn4cccnc34)C2)cc1. The van der Waals surface area contributed by atoms with E-state index in [4.69, 9.17) is 0 Å². The predicted octanol–water partition coefficient (Wildman–Crippen LogP) is 2.18. The Labute approximate surface area is 176 Å². The number of likely N-dealkylation sites (tertiary alicyclic amines) is 1. The summed E-state index contributed by atoms with van der Waals surface area (Å²) in [5, 5.41) is 4.37. The van der Waals surface area contributed by atoms with Crippen molar-refractivity contribution >= 4 is 21.6 Å². The second-order valence-electron chi connectivity index (χ2n) is 7.77. The van der Waals surface area contributed by atoms with Crippen LogP contribution in [-0.2, 0) is 10.0 Å². The molecule has 3 heterocycles. The topological polar surface area (TPSA) is 96.7 Å². The van der Waals surface area contributed by atoms with Gasteiger partial charge in [-0.25, -0.2) is 22.6 Å². The lowest BCUT2D eigenvalue weighted by atomic mass is 9.97. The summed E-state index contributed by atoms with van der Waals surface area (Å²) in [4.78, 5) is 19.5. The van der Waals surface area contributed by atoms with Gasteiger partial charge >= 0.3 is 0 Å². The van der Waals surface area contributed by atoms with Crippen molar-refractivity contribution in [2.75, 3.05) is 19.6 Å². The van der Waals surface area contributed by atoms with Crippen molar-refractivity contribution in [2.24, 2.45) is 5.92 Å². The molecule has 1 aliphatic rings. The zero-order valence-corrected chi connectivity index (χ0v) is 17.9. The van der Waals surface area contributed by atoms with E-state index in [1.54, 1.807) is 59.1 Å². The summed E-state index contributed by atoms with van der Waals surface area (Å²) in [5.74, 6) is -0.0506. The second kappa shape index (κ2) is 8.16. The number of carbonyl (C=O) groups excluding carboxylic acids is 1. The highest BCUT2D eigenvalue weighted by Gasteiger charge is 2.29. The van der Waals surface area contributed by atoms with Crippen molar-refractivity contribution in [2.45, 2.75) is 31.6 Å². The number of carbonyl (C=O) groups is 1. The summed E-state index contributed by atoms with van der Waals surface area (Å²) < 4.78 is 29.5. The van der Waals surface area contributed by atoms with E-state index in [2.05, 4.69) is 14.8 Å². The van der Waals surface area contributed by atoms with Gasteiger partial charge < -0.3 is 4.90 Å². The summed E-state index contributed by atoms with van der Waals surface area (Å²) in [7, 11) is -3.57. The Morgan fingerprint density at radius 2 is 2.00 bits per heavy atom. The highest BCUT2D eigenvalue weighted by molar-refractivity contribution is 7.89. The van der Waals surface area contributed by atoms with Crippen LogP contribution in [0.15, 0.2) is 47.6 Å². The van der Waals surface area contributed by atoms with Crippen LogP contribution in [0.4, 0.5) is 0 Å². The van der Waals surface area contributed by atoms with Crippen LogP contribution in [0.25, 0.3) is 5.65 Å². The fourth-order valence-corrected chi connectivity index (χ4v) is 4.97. The zero-order valence-electron chi connectivity index (χ0n) is 17.1. The van der Waals surface area contributed by atoms with Crippen molar-refractivity contribution in [3.8, 4) is 0 Å². The van der Waals surface area contributed by atoms with Gasteiger partial charge in [-0.05, 0) is 50.8 Å². The molecule has 1 N–H and O–H groups in total. The maximum Gasteiger partial charge on any atom is 0.259 e. The van der Waals surface area contributed by atoms with E-state index in [0.29, 0.717) is 36.5 Å². The number of aromatic nitrogens is 3. The molecule has 1 unspecified atom stereocenters.